The monoisotopic (exact) mass is 272 g/mol. The number of nitrogens with one attached hydrogen (secondary N) is 1. The maximum Gasteiger partial charge on any atom is 0.146 e. The molecule has 0 radical (unpaired) electrons. The van der Waals surface area contributed by atoms with Crippen molar-refractivity contribution in [2.24, 2.45) is 0 Å². The summed E-state index contributed by atoms with van der Waals surface area (Å²) in [7, 11) is 3.85. The third kappa shape index (κ3) is 2.67. The molecule has 0 aliphatic carbocycles. The molecule has 0 bridgehead atoms. The van der Waals surface area contributed by atoms with Gasteiger partial charge in [-0.15, -0.1) is 0 Å². The van der Waals surface area contributed by atoms with Gasteiger partial charge in [0.15, 0.2) is 0 Å². The maximum absolute atomic E-state index is 14.1. The molecule has 0 aromatic heterocycles. The average Bonchev–Trinajstić information content (AvgIpc) is 2.34. The highest BCUT2D eigenvalue weighted by Gasteiger charge is 2.33. The van der Waals surface area contributed by atoms with E-state index in [1.165, 1.54) is 0 Å². The van der Waals surface area contributed by atoms with Crippen molar-refractivity contribution in [3.05, 3.63) is 34.6 Å². The number of hydrogen-bond donors (Lipinski definition) is 1. The molecule has 1 N–H and O–H groups in total. The number of likely N-dealkylation sites (N-methyl/N-ethyl adjacent to an activating group) is 2. The van der Waals surface area contributed by atoms with Crippen LogP contribution in [0.4, 0.5) is 4.39 Å². The van der Waals surface area contributed by atoms with Crippen molar-refractivity contribution in [2.75, 3.05) is 33.8 Å². The Kier molecular flexibility index (Phi) is 4.56. The fourth-order valence-electron chi connectivity index (χ4n) is 2.42. The van der Waals surface area contributed by atoms with Gasteiger partial charge in [0.2, 0.25) is 0 Å². The van der Waals surface area contributed by atoms with E-state index in [1.54, 1.807) is 18.2 Å². The molecule has 2 rings (SSSR count). The van der Waals surface area contributed by atoms with Crippen LogP contribution in [0.15, 0.2) is 18.2 Å². The van der Waals surface area contributed by atoms with Crippen LogP contribution in [0.1, 0.15) is 11.6 Å². The van der Waals surface area contributed by atoms with Crippen LogP contribution >= 0.6 is 11.6 Å². The Bertz CT molecular complexity index is 414. The highest BCUT2D eigenvalue weighted by Crippen LogP contribution is 2.32. The summed E-state index contributed by atoms with van der Waals surface area (Å²) in [5.74, 6) is -0.345. The molecule has 0 spiro atoms. The average molecular weight is 273 g/mol. The highest BCUT2D eigenvalue weighted by atomic mass is 35.5. The van der Waals surface area contributed by atoms with Crippen LogP contribution in [0.2, 0.25) is 5.02 Å². The minimum Gasteiger partial charge on any atom is -0.374 e. The van der Waals surface area contributed by atoms with E-state index in [4.69, 9.17) is 16.3 Å². The molecule has 3 nitrogen and oxygen atoms in total. The van der Waals surface area contributed by atoms with Gasteiger partial charge >= 0.3 is 0 Å². The van der Waals surface area contributed by atoms with Gasteiger partial charge in [-0.25, -0.2) is 4.39 Å². The molecule has 1 heterocycles. The van der Waals surface area contributed by atoms with Crippen LogP contribution in [0.3, 0.4) is 0 Å². The predicted octanol–water partition coefficient (Wildman–Crippen LogP) is 2.07. The molecule has 1 fully saturated rings. The summed E-state index contributed by atoms with van der Waals surface area (Å²) in [5, 5.41) is 3.25. The number of rotatable bonds is 3. The highest BCUT2D eigenvalue weighted by molar-refractivity contribution is 6.30. The zero-order chi connectivity index (χ0) is 13.1. The fourth-order valence-corrected chi connectivity index (χ4v) is 2.60. The summed E-state index contributed by atoms with van der Waals surface area (Å²) in [6, 6.07) is 5.01. The Labute approximate surface area is 112 Å². The van der Waals surface area contributed by atoms with E-state index < -0.39 is 0 Å². The number of ether oxygens (including phenoxy) is 1. The zero-order valence-corrected chi connectivity index (χ0v) is 11.4. The third-order valence-electron chi connectivity index (χ3n) is 3.31. The van der Waals surface area contributed by atoms with Gasteiger partial charge in [0.1, 0.15) is 5.82 Å². The lowest BCUT2D eigenvalue weighted by atomic mass is 9.98. The molecule has 18 heavy (non-hydrogen) atoms. The first-order chi connectivity index (χ1) is 8.65. The Balaban J connectivity index is 2.34. The first-order valence-electron chi connectivity index (χ1n) is 6.05. The second kappa shape index (κ2) is 5.97. The summed E-state index contributed by atoms with van der Waals surface area (Å²) < 4.78 is 19.9. The van der Waals surface area contributed by atoms with Gasteiger partial charge in [-0.1, -0.05) is 23.7 Å². The van der Waals surface area contributed by atoms with Gasteiger partial charge in [-0.05, 0) is 20.2 Å². The largest absolute Gasteiger partial charge is 0.374 e. The van der Waals surface area contributed by atoms with Crippen molar-refractivity contribution in [3.8, 4) is 0 Å². The molecule has 0 amide bonds. The minimum atomic E-state index is -0.345. The van der Waals surface area contributed by atoms with E-state index in [9.17, 15) is 4.39 Å². The van der Waals surface area contributed by atoms with Crippen molar-refractivity contribution < 1.29 is 9.13 Å². The molecule has 1 aliphatic heterocycles. The van der Waals surface area contributed by atoms with Gasteiger partial charge in [0.05, 0.1) is 23.8 Å². The third-order valence-corrected chi connectivity index (χ3v) is 3.60. The van der Waals surface area contributed by atoms with E-state index in [2.05, 4.69) is 10.2 Å². The normalized spacial score (nSPS) is 25.3. The number of benzene rings is 1. The molecule has 2 unspecified atom stereocenters. The van der Waals surface area contributed by atoms with E-state index in [0.717, 1.165) is 6.54 Å². The van der Waals surface area contributed by atoms with Gasteiger partial charge < -0.3 is 10.1 Å². The van der Waals surface area contributed by atoms with Crippen LogP contribution in [0, 0.1) is 5.82 Å². The smallest absolute Gasteiger partial charge is 0.146 e. The minimum absolute atomic E-state index is 0.0679. The fraction of sp³-hybridized carbons (Fsp3) is 0.538. The summed E-state index contributed by atoms with van der Waals surface area (Å²) in [6.07, 6.45) is -0.0679. The second-order valence-corrected chi connectivity index (χ2v) is 4.94. The van der Waals surface area contributed by atoms with Crippen LogP contribution < -0.4 is 5.32 Å². The SMILES string of the molecule is CNCC1OCCN(C)C1c1cccc(Cl)c1F. The van der Waals surface area contributed by atoms with Gasteiger partial charge in [0.25, 0.3) is 0 Å². The summed E-state index contributed by atoms with van der Waals surface area (Å²) >= 11 is 5.86. The molecule has 1 saturated heterocycles. The van der Waals surface area contributed by atoms with Crippen LogP contribution in [-0.4, -0.2) is 44.8 Å². The van der Waals surface area contributed by atoms with Crippen molar-refractivity contribution in [3.63, 3.8) is 0 Å². The standard InChI is InChI=1S/C13H18ClFN2O/c1-16-8-11-13(17(2)6-7-18-11)9-4-3-5-10(14)12(9)15/h3-5,11,13,16H,6-8H2,1-2H3. The molecule has 1 aromatic rings. The quantitative estimate of drug-likeness (QED) is 0.912. The van der Waals surface area contributed by atoms with Gasteiger partial charge in [-0.3, -0.25) is 4.90 Å². The topological polar surface area (TPSA) is 24.5 Å². The molecule has 1 aliphatic rings. The van der Waals surface area contributed by atoms with Gasteiger partial charge in [-0.2, -0.15) is 0 Å². The molecular weight excluding hydrogens is 255 g/mol. The molecule has 5 heteroatoms. The number of morpholine rings is 1. The van der Waals surface area contributed by atoms with Crippen LogP contribution in [-0.2, 0) is 4.74 Å². The summed E-state index contributed by atoms with van der Waals surface area (Å²) in [6.45, 7) is 2.14. The molecule has 1 aromatic carbocycles. The number of halogens is 2. The lowest BCUT2D eigenvalue weighted by molar-refractivity contribution is -0.0616. The lowest BCUT2D eigenvalue weighted by Gasteiger charge is -2.39. The molecule has 2 atom stereocenters. The van der Waals surface area contributed by atoms with Crippen LogP contribution in [0.5, 0.6) is 0 Å². The Morgan fingerprint density at radius 3 is 3.06 bits per heavy atom. The first kappa shape index (κ1) is 13.7. The van der Waals surface area contributed by atoms with Crippen LogP contribution in [0.25, 0.3) is 0 Å². The van der Waals surface area contributed by atoms with Gasteiger partial charge in [0, 0.05) is 18.7 Å². The number of nitrogens with zero attached hydrogens (tertiary/aromatic N) is 1. The van der Waals surface area contributed by atoms with Crippen molar-refractivity contribution >= 4 is 11.6 Å². The number of hydrogen-bond acceptors (Lipinski definition) is 3. The predicted molar refractivity (Wildman–Crippen MR) is 70.4 cm³/mol. The van der Waals surface area contributed by atoms with Crippen molar-refractivity contribution in [1.29, 1.82) is 0 Å². The molecule has 0 saturated carbocycles. The van der Waals surface area contributed by atoms with Crippen molar-refractivity contribution in [2.45, 2.75) is 12.1 Å². The molecule has 100 valence electrons. The maximum atomic E-state index is 14.1. The Morgan fingerprint density at radius 1 is 1.56 bits per heavy atom. The summed E-state index contributed by atoms with van der Waals surface area (Å²) in [4.78, 5) is 2.11. The molecular formula is C13H18ClFN2O. The van der Waals surface area contributed by atoms with E-state index in [1.807, 2.05) is 14.1 Å². The Morgan fingerprint density at radius 2 is 2.33 bits per heavy atom. The van der Waals surface area contributed by atoms with E-state index in [-0.39, 0.29) is 23.0 Å². The van der Waals surface area contributed by atoms with Crippen molar-refractivity contribution in [1.82, 2.24) is 10.2 Å². The van der Waals surface area contributed by atoms with E-state index in [0.29, 0.717) is 18.7 Å². The lowest BCUT2D eigenvalue weighted by Crippen LogP contribution is -2.47. The Hall–Kier alpha value is -0.680. The first-order valence-corrected chi connectivity index (χ1v) is 6.43. The summed E-state index contributed by atoms with van der Waals surface area (Å²) in [5.41, 5.74) is 0.602. The second-order valence-electron chi connectivity index (χ2n) is 4.54. The van der Waals surface area contributed by atoms with E-state index >= 15 is 0 Å². The zero-order valence-electron chi connectivity index (χ0n) is 10.6.